The average molecular weight is 373 g/mol. The van der Waals surface area contributed by atoms with Crippen molar-refractivity contribution in [3.63, 3.8) is 0 Å². The van der Waals surface area contributed by atoms with Crippen LogP contribution in [0.2, 0.25) is 0 Å². The van der Waals surface area contributed by atoms with Crippen molar-refractivity contribution in [3.05, 3.63) is 18.2 Å². The lowest BCUT2D eigenvalue weighted by atomic mass is 9.93. The molecule has 1 aliphatic carbocycles. The van der Waals surface area contributed by atoms with Crippen molar-refractivity contribution in [1.29, 1.82) is 0 Å². The predicted molar refractivity (Wildman–Crippen MR) is 107 cm³/mol. The van der Waals surface area contributed by atoms with Gasteiger partial charge in [0.25, 0.3) is 0 Å². The van der Waals surface area contributed by atoms with E-state index in [1.54, 1.807) is 4.90 Å². The second-order valence-corrected chi connectivity index (χ2v) is 8.25. The number of urea groups is 1. The topological polar surface area (TPSA) is 70.7 Å². The molecule has 27 heavy (non-hydrogen) atoms. The number of carbonyl (C=O) groups is 2. The second-order valence-electron chi connectivity index (χ2n) is 8.25. The first-order valence-electron chi connectivity index (χ1n) is 10.1. The highest BCUT2D eigenvalue weighted by atomic mass is 16.5. The number of hydrogen-bond acceptors (Lipinski definition) is 3. The van der Waals surface area contributed by atoms with Crippen LogP contribution in [0.1, 0.15) is 59.3 Å². The van der Waals surface area contributed by atoms with E-state index in [1.807, 2.05) is 39.0 Å². The van der Waals surface area contributed by atoms with Crippen LogP contribution in [0.3, 0.4) is 0 Å². The van der Waals surface area contributed by atoms with Gasteiger partial charge in [0, 0.05) is 18.3 Å². The monoisotopic (exact) mass is 373 g/mol. The van der Waals surface area contributed by atoms with Crippen LogP contribution in [0, 0.1) is 5.41 Å². The third-order valence-corrected chi connectivity index (χ3v) is 5.31. The van der Waals surface area contributed by atoms with Gasteiger partial charge in [-0.2, -0.15) is 0 Å². The van der Waals surface area contributed by atoms with Gasteiger partial charge in [-0.15, -0.1) is 0 Å². The van der Waals surface area contributed by atoms with E-state index in [9.17, 15) is 9.59 Å². The van der Waals surface area contributed by atoms with Crippen LogP contribution in [0.25, 0.3) is 0 Å². The number of ether oxygens (including phenoxy) is 1. The smallest absolute Gasteiger partial charge is 0.319 e. The van der Waals surface area contributed by atoms with Gasteiger partial charge in [0.05, 0.1) is 11.1 Å². The zero-order chi connectivity index (χ0) is 19.4. The summed E-state index contributed by atoms with van der Waals surface area (Å²) in [6, 6.07) is 5.56. The molecule has 1 heterocycles. The minimum absolute atomic E-state index is 0.0481. The summed E-state index contributed by atoms with van der Waals surface area (Å²) in [4.78, 5) is 27.1. The lowest BCUT2D eigenvalue weighted by Crippen LogP contribution is -2.42. The maximum absolute atomic E-state index is 13.0. The van der Waals surface area contributed by atoms with Crippen molar-refractivity contribution >= 4 is 23.3 Å². The van der Waals surface area contributed by atoms with E-state index in [0.29, 0.717) is 24.6 Å². The number of amides is 3. The molecule has 3 amide bonds. The highest BCUT2D eigenvalue weighted by Crippen LogP contribution is 2.38. The quantitative estimate of drug-likeness (QED) is 0.826. The number of rotatable bonds is 4. The van der Waals surface area contributed by atoms with Crippen molar-refractivity contribution < 1.29 is 14.3 Å². The summed E-state index contributed by atoms with van der Waals surface area (Å²) >= 11 is 0. The molecule has 0 saturated heterocycles. The summed E-state index contributed by atoms with van der Waals surface area (Å²) < 4.78 is 5.90. The minimum atomic E-state index is -0.583. The first-order valence-corrected chi connectivity index (χ1v) is 10.1. The van der Waals surface area contributed by atoms with Gasteiger partial charge in [-0.05, 0) is 51.3 Å². The molecule has 0 unspecified atom stereocenters. The van der Waals surface area contributed by atoms with Gasteiger partial charge >= 0.3 is 6.03 Å². The highest BCUT2D eigenvalue weighted by molar-refractivity contribution is 6.00. The highest BCUT2D eigenvalue weighted by Gasteiger charge is 2.37. The predicted octanol–water partition coefficient (Wildman–Crippen LogP) is 4.30. The van der Waals surface area contributed by atoms with Gasteiger partial charge in [-0.3, -0.25) is 4.79 Å². The summed E-state index contributed by atoms with van der Waals surface area (Å²) in [6.45, 7) is 6.82. The van der Waals surface area contributed by atoms with Gasteiger partial charge < -0.3 is 20.3 Å². The van der Waals surface area contributed by atoms with Gasteiger partial charge in [-0.1, -0.05) is 26.2 Å². The first-order chi connectivity index (χ1) is 12.9. The third kappa shape index (κ3) is 4.54. The molecule has 2 aliphatic rings. The van der Waals surface area contributed by atoms with Crippen molar-refractivity contribution in [2.24, 2.45) is 5.41 Å². The number of hydrogen-bond donors (Lipinski definition) is 2. The van der Waals surface area contributed by atoms with E-state index in [4.69, 9.17) is 4.74 Å². The Morgan fingerprint density at radius 1 is 1.26 bits per heavy atom. The summed E-state index contributed by atoms with van der Waals surface area (Å²) in [5.41, 5.74) is 0.808. The Morgan fingerprint density at radius 3 is 2.70 bits per heavy atom. The van der Waals surface area contributed by atoms with Crippen molar-refractivity contribution in [3.8, 4) is 5.75 Å². The van der Waals surface area contributed by atoms with E-state index < -0.39 is 5.41 Å². The van der Waals surface area contributed by atoms with Gasteiger partial charge in [-0.25, -0.2) is 4.79 Å². The number of anilines is 2. The maximum Gasteiger partial charge on any atom is 0.319 e. The van der Waals surface area contributed by atoms with E-state index in [-0.39, 0.29) is 18.0 Å². The van der Waals surface area contributed by atoms with Gasteiger partial charge in [0.1, 0.15) is 12.4 Å². The molecule has 1 aliphatic heterocycles. The van der Waals surface area contributed by atoms with Gasteiger partial charge in [0.15, 0.2) is 0 Å². The van der Waals surface area contributed by atoms with Crippen LogP contribution in [0.4, 0.5) is 16.2 Å². The second kappa shape index (κ2) is 8.19. The van der Waals surface area contributed by atoms with E-state index in [0.717, 1.165) is 24.9 Å². The molecule has 0 spiro atoms. The van der Waals surface area contributed by atoms with Gasteiger partial charge in [0.2, 0.25) is 5.91 Å². The molecule has 0 aromatic heterocycles. The molecule has 1 aromatic carbocycles. The van der Waals surface area contributed by atoms with E-state index in [2.05, 4.69) is 10.6 Å². The van der Waals surface area contributed by atoms with Crippen LogP contribution in [0.5, 0.6) is 5.75 Å². The molecular weight excluding hydrogens is 342 g/mol. The van der Waals surface area contributed by atoms with Crippen molar-refractivity contribution in [2.75, 3.05) is 23.4 Å². The molecule has 6 heteroatoms. The Kier molecular flexibility index (Phi) is 5.92. The number of nitrogens with zero attached hydrogens (tertiary/aromatic N) is 1. The van der Waals surface area contributed by atoms with Crippen LogP contribution in [0.15, 0.2) is 18.2 Å². The Labute approximate surface area is 161 Å². The molecular formula is C21H31N3O3. The molecule has 3 rings (SSSR count). The zero-order valence-electron chi connectivity index (χ0n) is 16.6. The Hall–Kier alpha value is -2.24. The van der Waals surface area contributed by atoms with E-state index in [1.165, 1.54) is 19.3 Å². The van der Waals surface area contributed by atoms with Crippen molar-refractivity contribution in [1.82, 2.24) is 5.32 Å². The molecule has 0 bridgehead atoms. The third-order valence-electron chi connectivity index (χ3n) is 5.31. The Morgan fingerprint density at radius 2 is 2.00 bits per heavy atom. The summed E-state index contributed by atoms with van der Waals surface area (Å²) in [7, 11) is 0. The standard InChI is InChI=1S/C21H31N3O3/c1-4-12-24-17-13-16(23-20(26)22-15-8-6-5-7-9-15)10-11-18(17)27-14-21(2,3)19(24)25/h10-11,13,15H,4-9,12,14H2,1-3H3,(H2,22,23,26). The molecule has 0 radical (unpaired) electrons. The zero-order valence-corrected chi connectivity index (χ0v) is 16.6. The normalized spacial score (nSPS) is 19.7. The lowest BCUT2D eigenvalue weighted by Gasteiger charge is -2.28. The molecule has 1 fully saturated rings. The minimum Gasteiger partial charge on any atom is -0.490 e. The number of carbonyl (C=O) groups excluding carboxylic acids is 2. The SMILES string of the molecule is CCCN1C(=O)C(C)(C)COc2ccc(NC(=O)NC3CCCCC3)cc21. The summed E-state index contributed by atoms with van der Waals surface area (Å²) in [6.07, 6.45) is 6.53. The summed E-state index contributed by atoms with van der Waals surface area (Å²) in [5, 5.41) is 5.97. The lowest BCUT2D eigenvalue weighted by molar-refractivity contribution is -0.127. The Bertz CT molecular complexity index is 696. The number of benzene rings is 1. The number of fused-ring (bicyclic) bond motifs is 1. The van der Waals surface area contributed by atoms with Crippen molar-refractivity contribution in [2.45, 2.75) is 65.3 Å². The molecule has 1 aromatic rings. The van der Waals surface area contributed by atoms with Crippen LogP contribution >= 0.6 is 0 Å². The van der Waals surface area contributed by atoms with Crippen LogP contribution in [-0.4, -0.2) is 31.1 Å². The van der Waals surface area contributed by atoms with E-state index >= 15 is 0 Å². The first kappa shape index (κ1) is 19.5. The summed E-state index contributed by atoms with van der Waals surface area (Å²) in [5.74, 6) is 0.729. The van der Waals surface area contributed by atoms with Crippen LogP contribution in [-0.2, 0) is 4.79 Å². The molecule has 6 nitrogen and oxygen atoms in total. The fourth-order valence-electron chi connectivity index (χ4n) is 3.77. The average Bonchev–Trinajstić information content (AvgIpc) is 2.73. The van der Waals surface area contributed by atoms with Crippen LogP contribution < -0.4 is 20.3 Å². The maximum atomic E-state index is 13.0. The fraction of sp³-hybridized carbons (Fsp3) is 0.619. The number of nitrogens with one attached hydrogen (secondary N) is 2. The largest absolute Gasteiger partial charge is 0.490 e. The Balaban J connectivity index is 1.77. The molecule has 0 atom stereocenters. The molecule has 148 valence electrons. The molecule has 1 saturated carbocycles. The molecule has 2 N–H and O–H groups in total. The fourth-order valence-corrected chi connectivity index (χ4v) is 3.77.